The third kappa shape index (κ3) is 3.91. The number of aromatic nitrogens is 2. The van der Waals surface area contributed by atoms with E-state index in [1.807, 2.05) is 13.8 Å². The molecule has 0 aliphatic heterocycles. The van der Waals surface area contributed by atoms with Gasteiger partial charge in [0.1, 0.15) is 0 Å². The molecule has 0 radical (unpaired) electrons. The summed E-state index contributed by atoms with van der Waals surface area (Å²) < 4.78 is 40.6. The van der Waals surface area contributed by atoms with Crippen LogP contribution in [0, 0.1) is 0 Å². The number of halogens is 4. The molecule has 2 rings (SSSR count). The molecule has 21 heavy (non-hydrogen) atoms. The van der Waals surface area contributed by atoms with Gasteiger partial charge in [0.05, 0.1) is 11.8 Å². The van der Waals surface area contributed by atoms with Crippen LogP contribution < -0.4 is 5.32 Å². The minimum atomic E-state index is -4.45. The molecular weight excluding hydrogens is 303 g/mol. The summed E-state index contributed by atoms with van der Waals surface area (Å²) in [7, 11) is 0. The van der Waals surface area contributed by atoms with Gasteiger partial charge in [-0.1, -0.05) is 11.6 Å². The van der Waals surface area contributed by atoms with Crippen LogP contribution in [0.25, 0.3) is 0 Å². The highest BCUT2D eigenvalue weighted by molar-refractivity contribution is 6.30. The maximum absolute atomic E-state index is 12.9. The Bertz CT molecular complexity index is 620. The van der Waals surface area contributed by atoms with E-state index in [4.69, 9.17) is 11.6 Å². The van der Waals surface area contributed by atoms with Gasteiger partial charge in [0.2, 0.25) is 0 Å². The van der Waals surface area contributed by atoms with Gasteiger partial charge in [-0.15, -0.1) is 0 Å². The standard InChI is InChI=1S/C14H15ClF3N3/c1-9(2)21-8-10(7-20-21)6-19-13-4-3-11(15)5-12(13)14(16,17)18/h3-5,7-9,19H,6H2,1-2H3. The third-order valence-electron chi connectivity index (χ3n) is 2.95. The van der Waals surface area contributed by atoms with E-state index in [1.165, 1.54) is 12.1 Å². The first-order valence-electron chi connectivity index (χ1n) is 6.41. The van der Waals surface area contributed by atoms with Crippen LogP contribution in [0.2, 0.25) is 5.02 Å². The number of anilines is 1. The van der Waals surface area contributed by atoms with Crippen molar-refractivity contribution in [3.63, 3.8) is 0 Å². The van der Waals surface area contributed by atoms with Crippen molar-refractivity contribution in [2.24, 2.45) is 0 Å². The number of hydrogen-bond acceptors (Lipinski definition) is 2. The lowest BCUT2D eigenvalue weighted by Crippen LogP contribution is -2.10. The quantitative estimate of drug-likeness (QED) is 0.882. The second-order valence-corrected chi connectivity index (χ2v) is 5.40. The topological polar surface area (TPSA) is 29.9 Å². The lowest BCUT2D eigenvalue weighted by atomic mass is 10.1. The highest BCUT2D eigenvalue weighted by atomic mass is 35.5. The monoisotopic (exact) mass is 317 g/mol. The van der Waals surface area contributed by atoms with Crippen molar-refractivity contribution in [3.8, 4) is 0 Å². The van der Waals surface area contributed by atoms with Gasteiger partial charge in [-0.05, 0) is 32.0 Å². The minimum absolute atomic E-state index is 0.00389. The van der Waals surface area contributed by atoms with Crippen LogP contribution in [0.4, 0.5) is 18.9 Å². The fourth-order valence-corrected chi connectivity index (χ4v) is 2.03. The van der Waals surface area contributed by atoms with Crippen LogP contribution in [0.15, 0.2) is 30.6 Å². The average Bonchev–Trinajstić information content (AvgIpc) is 2.85. The molecule has 1 aromatic carbocycles. The molecule has 0 saturated heterocycles. The summed E-state index contributed by atoms with van der Waals surface area (Å²) in [5, 5.41) is 6.99. The van der Waals surface area contributed by atoms with Crippen molar-refractivity contribution in [2.45, 2.75) is 32.6 Å². The summed E-state index contributed by atoms with van der Waals surface area (Å²) in [5.41, 5.74) is 0.0437. The molecule has 0 aliphatic rings. The van der Waals surface area contributed by atoms with E-state index in [1.54, 1.807) is 17.1 Å². The van der Waals surface area contributed by atoms with Crippen LogP contribution in [0.3, 0.4) is 0 Å². The Morgan fingerprint density at radius 3 is 2.62 bits per heavy atom. The molecule has 0 aliphatic carbocycles. The fourth-order valence-electron chi connectivity index (χ4n) is 1.85. The first kappa shape index (κ1) is 15.7. The molecule has 7 heteroatoms. The molecule has 0 spiro atoms. The van der Waals surface area contributed by atoms with Crippen LogP contribution in [0.1, 0.15) is 31.0 Å². The number of rotatable bonds is 4. The molecule has 0 unspecified atom stereocenters. The summed E-state index contributed by atoms with van der Waals surface area (Å²) in [5.74, 6) is 0. The van der Waals surface area contributed by atoms with E-state index in [0.29, 0.717) is 0 Å². The molecule has 0 amide bonds. The smallest absolute Gasteiger partial charge is 0.380 e. The Morgan fingerprint density at radius 1 is 1.33 bits per heavy atom. The molecule has 3 nitrogen and oxygen atoms in total. The molecule has 0 bridgehead atoms. The number of hydrogen-bond donors (Lipinski definition) is 1. The normalized spacial score (nSPS) is 12.0. The largest absolute Gasteiger partial charge is 0.418 e. The predicted octanol–water partition coefficient (Wildman–Crippen LogP) is 4.75. The zero-order valence-electron chi connectivity index (χ0n) is 11.6. The third-order valence-corrected chi connectivity index (χ3v) is 3.19. The first-order chi connectivity index (χ1) is 9.77. The maximum Gasteiger partial charge on any atom is 0.418 e. The Balaban J connectivity index is 2.16. The van der Waals surface area contributed by atoms with Crippen molar-refractivity contribution < 1.29 is 13.2 Å². The summed E-state index contributed by atoms with van der Waals surface area (Å²) >= 11 is 5.64. The van der Waals surface area contributed by atoms with E-state index in [2.05, 4.69) is 10.4 Å². The molecule has 1 N–H and O–H groups in total. The minimum Gasteiger partial charge on any atom is -0.380 e. The van der Waals surface area contributed by atoms with Gasteiger partial charge in [-0.2, -0.15) is 18.3 Å². The van der Waals surface area contributed by atoms with Crippen molar-refractivity contribution in [2.75, 3.05) is 5.32 Å². The molecule has 2 aromatic rings. The van der Waals surface area contributed by atoms with Gasteiger partial charge in [0.15, 0.2) is 0 Å². The van der Waals surface area contributed by atoms with Gasteiger partial charge >= 0.3 is 6.18 Å². The fraction of sp³-hybridized carbons (Fsp3) is 0.357. The lowest BCUT2D eigenvalue weighted by molar-refractivity contribution is -0.136. The van der Waals surface area contributed by atoms with Crippen LogP contribution in [-0.4, -0.2) is 9.78 Å². The zero-order valence-corrected chi connectivity index (χ0v) is 12.3. The number of nitrogens with one attached hydrogen (secondary N) is 1. The van der Waals surface area contributed by atoms with E-state index in [9.17, 15) is 13.2 Å². The van der Waals surface area contributed by atoms with Gasteiger partial charge in [0.25, 0.3) is 0 Å². The van der Waals surface area contributed by atoms with Gasteiger partial charge in [-0.3, -0.25) is 4.68 Å². The van der Waals surface area contributed by atoms with E-state index in [0.717, 1.165) is 11.6 Å². The number of benzene rings is 1. The second-order valence-electron chi connectivity index (χ2n) is 4.96. The summed E-state index contributed by atoms with van der Waals surface area (Å²) in [4.78, 5) is 0. The average molecular weight is 318 g/mol. The highest BCUT2D eigenvalue weighted by Crippen LogP contribution is 2.36. The Morgan fingerprint density at radius 2 is 2.05 bits per heavy atom. The van der Waals surface area contributed by atoms with Crippen molar-refractivity contribution in [1.82, 2.24) is 9.78 Å². The second kappa shape index (κ2) is 5.97. The maximum atomic E-state index is 12.9. The summed E-state index contributed by atoms with van der Waals surface area (Å²) in [6.07, 6.45) is -1.01. The Labute approximate surface area is 125 Å². The van der Waals surface area contributed by atoms with E-state index < -0.39 is 11.7 Å². The summed E-state index contributed by atoms with van der Waals surface area (Å²) in [6.45, 7) is 4.22. The van der Waals surface area contributed by atoms with E-state index in [-0.39, 0.29) is 23.3 Å². The first-order valence-corrected chi connectivity index (χ1v) is 6.79. The van der Waals surface area contributed by atoms with Crippen molar-refractivity contribution >= 4 is 17.3 Å². The lowest BCUT2D eigenvalue weighted by Gasteiger charge is -2.14. The molecule has 1 heterocycles. The van der Waals surface area contributed by atoms with Gasteiger partial charge in [0, 0.05) is 35.1 Å². The Hall–Kier alpha value is -1.69. The highest BCUT2D eigenvalue weighted by Gasteiger charge is 2.33. The van der Waals surface area contributed by atoms with Gasteiger partial charge < -0.3 is 5.32 Å². The zero-order chi connectivity index (χ0) is 15.6. The number of nitrogens with zero attached hydrogens (tertiary/aromatic N) is 2. The van der Waals surface area contributed by atoms with Crippen molar-refractivity contribution in [3.05, 3.63) is 46.7 Å². The number of alkyl halides is 3. The van der Waals surface area contributed by atoms with Crippen LogP contribution in [-0.2, 0) is 12.7 Å². The SMILES string of the molecule is CC(C)n1cc(CNc2ccc(Cl)cc2C(F)(F)F)cn1. The van der Waals surface area contributed by atoms with Crippen LogP contribution >= 0.6 is 11.6 Å². The molecule has 114 valence electrons. The molecule has 1 aromatic heterocycles. The van der Waals surface area contributed by atoms with Crippen molar-refractivity contribution in [1.29, 1.82) is 0 Å². The molecular formula is C14H15ClF3N3. The van der Waals surface area contributed by atoms with Crippen LogP contribution in [0.5, 0.6) is 0 Å². The summed E-state index contributed by atoms with van der Waals surface area (Å²) in [6, 6.07) is 3.89. The van der Waals surface area contributed by atoms with E-state index >= 15 is 0 Å². The van der Waals surface area contributed by atoms with Gasteiger partial charge in [-0.25, -0.2) is 0 Å². The Kier molecular flexibility index (Phi) is 4.46. The molecule has 0 atom stereocenters. The molecule has 0 saturated carbocycles. The predicted molar refractivity (Wildman–Crippen MR) is 76.4 cm³/mol. The molecule has 0 fully saturated rings.